The summed E-state index contributed by atoms with van der Waals surface area (Å²) in [7, 11) is 0. The summed E-state index contributed by atoms with van der Waals surface area (Å²) in [6.45, 7) is 1.89. The van der Waals surface area contributed by atoms with Gasteiger partial charge in [0.15, 0.2) is 0 Å². The van der Waals surface area contributed by atoms with Gasteiger partial charge in [0.25, 0.3) is 0 Å². The lowest BCUT2D eigenvalue weighted by molar-refractivity contribution is -0.145. The molecule has 5 heteroatoms. The van der Waals surface area contributed by atoms with Gasteiger partial charge in [-0.05, 0) is 31.4 Å². The third-order valence-corrected chi connectivity index (χ3v) is 3.86. The van der Waals surface area contributed by atoms with Crippen molar-refractivity contribution in [2.75, 3.05) is 5.32 Å². The molecule has 20 heavy (non-hydrogen) atoms. The lowest BCUT2D eigenvalue weighted by atomic mass is 9.82. The molecule has 0 bridgehead atoms. The van der Waals surface area contributed by atoms with Crippen LogP contribution in [0.15, 0.2) is 24.3 Å². The third-order valence-electron chi connectivity index (χ3n) is 3.86. The maximum Gasteiger partial charge on any atom is 0.329 e. The van der Waals surface area contributed by atoms with Crippen molar-refractivity contribution in [3.63, 3.8) is 0 Å². The number of amides is 2. The van der Waals surface area contributed by atoms with Gasteiger partial charge < -0.3 is 15.7 Å². The van der Waals surface area contributed by atoms with E-state index in [1.165, 1.54) is 0 Å². The molecule has 0 unspecified atom stereocenters. The number of carbonyl (C=O) groups excluding carboxylic acids is 1. The van der Waals surface area contributed by atoms with Crippen LogP contribution < -0.4 is 10.6 Å². The zero-order valence-electron chi connectivity index (χ0n) is 11.6. The Morgan fingerprint density at radius 1 is 1.15 bits per heavy atom. The SMILES string of the molecule is Cc1ccccc1NC(=O)NC1(C(=O)O)CCCCC1. The molecule has 1 fully saturated rings. The first-order valence-corrected chi connectivity index (χ1v) is 6.92. The minimum Gasteiger partial charge on any atom is -0.480 e. The largest absolute Gasteiger partial charge is 0.480 e. The summed E-state index contributed by atoms with van der Waals surface area (Å²) in [4.78, 5) is 23.5. The molecule has 0 heterocycles. The van der Waals surface area contributed by atoms with E-state index in [-0.39, 0.29) is 0 Å². The zero-order chi connectivity index (χ0) is 14.6. The van der Waals surface area contributed by atoms with Crippen molar-refractivity contribution in [2.45, 2.75) is 44.6 Å². The van der Waals surface area contributed by atoms with E-state index in [1.807, 2.05) is 25.1 Å². The highest BCUT2D eigenvalue weighted by Crippen LogP contribution is 2.28. The van der Waals surface area contributed by atoms with Crippen LogP contribution in [0.2, 0.25) is 0 Å². The van der Waals surface area contributed by atoms with Crippen molar-refractivity contribution in [2.24, 2.45) is 0 Å². The van der Waals surface area contributed by atoms with Gasteiger partial charge in [-0.25, -0.2) is 9.59 Å². The van der Waals surface area contributed by atoms with Crippen molar-refractivity contribution < 1.29 is 14.7 Å². The molecule has 2 rings (SSSR count). The summed E-state index contributed by atoms with van der Waals surface area (Å²) in [5.74, 6) is -0.947. The fourth-order valence-corrected chi connectivity index (χ4v) is 2.63. The van der Waals surface area contributed by atoms with Gasteiger partial charge in [-0.2, -0.15) is 0 Å². The molecule has 108 valence electrons. The normalized spacial score (nSPS) is 17.2. The molecule has 0 aliphatic heterocycles. The van der Waals surface area contributed by atoms with E-state index >= 15 is 0 Å². The molecule has 1 aliphatic rings. The number of aryl methyl sites for hydroxylation is 1. The number of para-hydroxylation sites is 1. The van der Waals surface area contributed by atoms with Gasteiger partial charge in [-0.1, -0.05) is 37.5 Å². The van der Waals surface area contributed by atoms with Gasteiger partial charge in [-0.3, -0.25) is 0 Å². The van der Waals surface area contributed by atoms with E-state index in [4.69, 9.17) is 0 Å². The molecular formula is C15H20N2O3. The molecule has 0 spiro atoms. The van der Waals surface area contributed by atoms with Gasteiger partial charge in [0.1, 0.15) is 5.54 Å². The quantitative estimate of drug-likeness (QED) is 0.794. The van der Waals surface area contributed by atoms with Crippen LogP contribution in [0.5, 0.6) is 0 Å². The number of carboxylic acids is 1. The van der Waals surface area contributed by atoms with Gasteiger partial charge in [-0.15, -0.1) is 0 Å². The number of hydrogen-bond donors (Lipinski definition) is 3. The first kappa shape index (κ1) is 14.4. The fourth-order valence-electron chi connectivity index (χ4n) is 2.63. The monoisotopic (exact) mass is 276 g/mol. The minimum absolute atomic E-state index is 0.455. The Bertz CT molecular complexity index is 508. The van der Waals surface area contributed by atoms with E-state index < -0.39 is 17.5 Å². The van der Waals surface area contributed by atoms with Crippen molar-refractivity contribution in [1.82, 2.24) is 5.32 Å². The Kier molecular flexibility index (Phi) is 4.27. The van der Waals surface area contributed by atoms with Crippen LogP contribution in [0.25, 0.3) is 0 Å². The molecule has 0 saturated heterocycles. The summed E-state index contributed by atoms with van der Waals surface area (Å²) < 4.78 is 0. The van der Waals surface area contributed by atoms with Crippen molar-refractivity contribution >= 4 is 17.7 Å². The van der Waals surface area contributed by atoms with Gasteiger partial charge in [0.05, 0.1) is 0 Å². The Balaban J connectivity index is 2.06. The average Bonchev–Trinajstić information content (AvgIpc) is 2.42. The van der Waals surface area contributed by atoms with Crippen LogP contribution in [-0.4, -0.2) is 22.6 Å². The number of rotatable bonds is 3. The number of carboxylic acid groups (broad SMARTS) is 1. The lowest BCUT2D eigenvalue weighted by Gasteiger charge is -2.33. The molecule has 3 N–H and O–H groups in total. The highest BCUT2D eigenvalue weighted by atomic mass is 16.4. The highest BCUT2D eigenvalue weighted by Gasteiger charge is 2.41. The van der Waals surface area contributed by atoms with Crippen LogP contribution >= 0.6 is 0 Å². The van der Waals surface area contributed by atoms with E-state index in [0.717, 1.165) is 24.8 Å². The molecule has 0 aromatic heterocycles. The number of anilines is 1. The van der Waals surface area contributed by atoms with Crippen LogP contribution in [0.1, 0.15) is 37.7 Å². The Labute approximate surface area is 118 Å². The van der Waals surface area contributed by atoms with Gasteiger partial charge >= 0.3 is 12.0 Å². The van der Waals surface area contributed by atoms with E-state index in [0.29, 0.717) is 18.5 Å². The second-order valence-corrected chi connectivity index (χ2v) is 5.34. The second-order valence-electron chi connectivity index (χ2n) is 5.34. The summed E-state index contributed by atoms with van der Waals surface area (Å²) in [6, 6.07) is 6.95. The molecule has 0 atom stereocenters. The topological polar surface area (TPSA) is 78.4 Å². The highest BCUT2D eigenvalue weighted by molar-refractivity contribution is 5.94. The predicted molar refractivity (Wildman–Crippen MR) is 76.8 cm³/mol. The number of urea groups is 1. The Morgan fingerprint density at radius 3 is 2.40 bits per heavy atom. The molecule has 1 saturated carbocycles. The average molecular weight is 276 g/mol. The Hall–Kier alpha value is -2.04. The minimum atomic E-state index is -1.12. The summed E-state index contributed by atoms with van der Waals surface area (Å²) >= 11 is 0. The first-order valence-electron chi connectivity index (χ1n) is 6.92. The number of aliphatic carboxylic acids is 1. The fraction of sp³-hybridized carbons (Fsp3) is 0.467. The first-order chi connectivity index (χ1) is 9.53. The van der Waals surface area contributed by atoms with Crippen molar-refractivity contribution in [3.8, 4) is 0 Å². The van der Waals surface area contributed by atoms with E-state index in [1.54, 1.807) is 6.07 Å². The summed E-state index contributed by atoms with van der Waals surface area (Å²) in [5, 5.41) is 14.8. The lowest BCUT2D eigenvalue weighted by Crippen LogP contribution is -2.56. The smallest absolute Gasteiger partial charge is 0.329 e. The number of carbonyl (C=O) groups is 2. The summed E-state index contributed by atoms with van der Waals surface area (Å²) in [6.07, 6.45) is 3.66. The second kappa shape index (κ2) is 5.94. The molecule has 0 radical (unpaired) electrons. The van der Waals surface area contributed by atoms with Crippen molar-refractivity contribution in [3.05, 3.63) is 29.8 Å². The standard InChI is InChI=1S/C15H20N2O3/c1-11-7-3-4-8-12(11)16-14(20)17-15(13(18)19)9-5-2-6-10-15/h3-4,7-8H,2,5-6,9-10H2,1H3,(H,18,19)(H2,16,17,20). The van der Waals surface area contributed by atoms with Crippen LogP contribution in [0, 0.1) is 6.92 Å². The predicted octanol–water partition coefficient (Wildman–Crippen LogP) is 2.90. The number of hydrogen-bond acceptors (Lipinski definition) is 2. The number of benzene rings is 1. The summed E-state index contributed by atoms with van der Waals surface area (Å²) in [5.41, 5.74) is 0.516. The van der Waals surface area contributed by atoms with Crippen LogP contribution in [0.4, 0.5) is 10.5 Å². The van der Waals surface area contributed by atoms with Crippen LogP contribution in [-0.2, 0) is 4.79 Å². The van der Waals surface area contributed by atoms with E-state index in [9.17, 15) is 14.7 Å². The molecule has 1 aromatic rings. The maximum absolute atomic E-state index is 12.1. The van der Waals surface area contributed by atoms with Gasteiger partial charge in [0.2, 0.25) is 0 Å². The molecule has 2 amide bonds. The van der Waals surface area contributed by atoms with Crippen LogP contribution in [0.3, 0.4) is 0 Å². The Morgan fingerprint density at radius 2 is 1.80 bits per heavy atom. The third kappa shape index (κ3) is 3.10. The molecule has 1 aromatic carbocycles. The van der Waals surface area contributed by atoms with Crippen molar-refractivity contribution in [1.29, 1.82) is 0 Å². The molecule has 1 aliphatic carbocycles. The zero-order valence-corrected chi connectivity index (χ0v) is 11.6. The molecule has 5 nitrogen and oxygen atoms in total. The van der Waals surface area contributed by atoms with E-state index in [2.05, 4.69) is 10.6 Å². The number of nitrogens with one attached hydrogen (secondary N) is 2. The molecular weight excluding hydrogens is 256 g/mol. The van der Waals surface area contributed by atoms with Gasteiger partial charge in [0, 0.05) is 5.69 Å². The maximum atomic E-state index is 12.1.